The summed E-state index contributed by atoms with van der Waals surface area (Å²) < 4.78 is 4.58. The highest BCUT2D eigenvalue weighted by Crippen LogP contribution is 1.95. The smallest absolute Gasteiger partial charge is 0.335 e. The number of benzene rings is 1. The van der Waals surface area contributed by atoms with Crippen molar-refractivity contribution in [3.63, 3.8) is 0 Å². The van der Waals surface area contributed by atoms with Crippen molar-refractivity contribution in [1.82, 2.24) is 0 Å². The maximum absolute atomic E-state index is 10.2. The second kappa shape index (κ2) is 5.59. The van der Waals surface area contributed by atoms with Crippen LogP contribution >= 0.6 is 0 Å². The maximum atomic E-state index is 10.2. The van der Waals surface area contributed by atoms with Gasteiger partial charge in [-0.2, -0.15) is 0 Å². The van der Waals surface area contributed by atoms with Gasteiger partial charge in [-0.1, -0.05) is 12.1 Å². The lowest BCUT2D eigenvalue weighted by molar-refractivity contribution is 0.0697. The lowest BCUT2D eigenvalue weighted by atomic mass is 10.2. The van der Waals surface area contributed by atoms with Gasteiger partial charge in [-0.05, 0) is 30.3 Å². The Bertz CT molecular complexity index is 334. The first-order valence-corrected chi connectivity index (χ1v) is 3.97. The standard InChI is InChI=1S/C7H5O2.C4H4O/c8-7(9)6-4-2-1-3-5-6;1-2-4-5-3-1/h2-5H,(H,8,9);1-4H. The van der Waals surface area contributed by atoms with E-state index in [1.165, 1.54) is 12.1 Å². The third kappa shape index (κ3) is 3.58. The van der Waals surface area contributed by atoms with E-state index in [2.05, 4.69) is 10.5 Å². The molecule has 1 aromatic heterocycles. The Morgan fingerprint density at radius 3 is 2.07 bits per heavy atom. The first-order valence-electron chi connectivity index (χ1n) is 3.97. The molecular formula is C11H9O3. The third-order valence-electron chi connectivity index (χ3n) is 1.39. The molecule has 14 heavy (non-hydrogen) atoms. The van der Waals surface area contributed by atoms with Crippen LogP contribution in [0.4, 0.5) is 0 Å². The van der Waals surface area contributed by atoms with Crippen molar-refractivity contribution in [3.05, 3.63) is 60.6 Å². The Labute approximate surface area is 81.6 Å². The van der Waals surface area contributed by atoms with Gasteiger partial charge in [0.1, 0.15) is 0 Å². The van der Waals surface area contributed by atoms with Gasteiger partial charge in [0.25, 0.3) is 0 Å². The van der Waals surface area contributed by atoms with Gasteiger partial charge in [-0.25, -0.2) is 4.79 Å². The van der Waals surface area contributed by atoms with Crippen molar-refractivity contribution in [3.8, 4) is 0 Å². The van der Waals surface area contributed by atoms with E-state index >= 15 is 0 Å². The van der Waals surface area contributed by atoms with Crippen LogP contribution in [0, 0.1) is 6.07 Å². The van der Waals surface area contributed by atoms with Crippen LogP contribution in [0.1, 0.15) is 10.4 Å². The Morgan fingerprint density at radius 1 is 1.21 bits per heavy atom. The monoisotopic (exact) mass is 189 g/mol. The highest BCUT2D eigenvalue weighted by Gasteiger charge is 1.96. The Kier molecular flexibility index (Phi) is 4.01. The number of hydrogen-bond donors (Lipinski definition) is 1. The Morgan fingerprint density at radius 2 is 1.79 bits per heavy atom. The van der Waals surface area contributed by atoms with Gasteiger partial charge in [0.2, 0.25) is 0 Å². The molecule has 0 fully saturated rings. The van der Waals surface area contributed by atoms with Crippen LogP contribution in [0.15, 0.2) is 53.3 Å². The molecule has 71 valence electrons. The molecule has 0 atom stereocenters. The van der Waals surface area contributed by atoms with Gasteiger partial charge in [0.05, 0.1) is 18.1 Å². The number of hydrogen-bond acceptors (Lipinski definition) is 2. The van der Waals surface area contributed by atoms with E-state index in [4.69, 9.17) is 5.11 Å². The molecule has 0 spiro atoms. The molecule has 2 rings (SSSR count). The van der Waals surface area contributed by atoms with Crippen LogP contribution in [-0.2, 0) is 0 Å². The van der Waals surface area contributed by atoms with Gasteiger partial charge in [-0.3, -0.25) is 0 Å². The molecule has 0 bridgehead atoms. The van der Waals surface area contributed by atoms with Crippen molar-refractivity contribution in [2.75, 3.05) is 0 Å². The van der Waals surface area contributed by atoms with Gasteiger partial charge in [0.15, 0.2) is 0 Å². The molecule has 3 nitrogen and oxygen atoms in total. The highest BCUT2D eigenvalue weighted by atomic mass is 16.4. The van der Waals surface area contributed by atoms with Gasteiger partial charge in [-0.15, -0.1) is 0 Å². The zero-order valence-electron chi connectivity index (χ0n) is 7.38. The molecule has 2 aromatic rings. The van der Waals surface area contributed by atoms with E-state index in [-0.39, 0.29) is 0 Å². The van der Waals surface area contributed by atoms with E-state index in [9.17, 15) is 4.79 Å². The lowest BCUT2D eigenvalue weighted by Crippen LogP contribution is -1.93. The minimum atomic E-state index is -0.899. The number of aromatic carboxylic acids is 1. The van der Waals surface area contributed by atoms with Crippen molar-refractivity contribution in [2.45, 2.75) is 0 Å². The molecule has 1 radical (unpaired) electrons. The zero-order valence-corrected chi connectivity index (χ0v) is 7.38. The molecule has 1 heterocycles. The average Bonchev–Trinajstić information content (AvgIpc) is 2.77. The fraction of sp³-hybridized carbons (Fsp3) is 0. The van der Waals surface area contributed by atoms with Crippen molar-refractivity contribution in [2.24, 2.45) is 0 Å². The van der Waals surface area contributed by atoms with E-state index in [0.29, 0.717) is 5.56 Å². The highest BCUT2D eigenvalue weighted by molar-refractivity contribution is 5.87. The molecule has 0 amide bonds. The predicted molar refractivity (Wildman–Crippen MR) is 50.9 cm³/mol. The minimum absolute atomic E-state index is 0.300. The molecule has 0 aliphatic rings. The summed E-state index contributed by atoms with van der Waals surface area (Å²) in [6.45, 7) is 0. The van der Waals surface area contributed by atoms with E-state index < -0.39 is 5.97 Å². The van der Waals surface area contributed by atoms with Gasteiger partial charge in [0, 0.05) is 0 Å². The largest absolute Gasteiger partial charge is 0.478 e. The minimum Gasteiger partial charge on any atom is -0.478 e. The number of carboxylic acids is 1. The summed E-state index contributed by atoms with van der Waals surface area (Å²) in [6, 6.07) is 12.5. The van der Waals surface area contributed by atoms with E-state index in [1.807, 2.05) is 12.1 Å². The van der Waals surface area contributed by atoms with Gasteiger partial charge < -0.3 is 9.52 Å². The molecule has 3 heteroatoms. The quantitative estimate of drug-likeness (QED) is 0.749. The molecule has 0 unspecified atom stereocenters. The van der Waals surface area contributed by atoms with Crippen molar-refractivity contribution < 1.29 is 14.3 Å². The third-order valence-corrected chi connectivity index (χ3v) is 1.39. The number of carboxylic acid groups (broad SMARTS) is 1. The normalized spacial score (nSPS) is 8.57. The summed E-state index contributed by atoms with van der Waals surface area (Å²) >= 11 is 0. The summed E-state index contributed by atoms with van der Waals surface area (Å²) in [5.74, 6) is -0.899. The molecule has 1 N–H and O–H groups in total. The van der Waals surface area contributed by atoms with Gasteiger partial charge >= 0.3 is 5.97 Å². The van der Waals surface area contributed by atoms with Crippen molar-refractivity contribution >= 4 is 5.97 Å². The molecule has 0 aliphatic heterocycles. The Balaban J connectivity index is 0.000000165. The summed E-state index contributed by atoms with van der Waals surface area (Å²) in [5.41, 5.74) is 0.300. The average molecular weight is 189 g/mol. The zero-order chi connectivity index (χ0) is 10.2. The topological polar surface area (TPSA) is 50.4 Å². The van der Waals surface area contributed by atoms with Crippen LogP contribution in [0.5, 0.6) is 0 Å². The Hall–Kier alpha value is -2.03. The second-order valence-electron chi connectivity index (χ2n) is 2.39. The maximum Gasteiger partial charge on any atom is 0.335 e. The van der Waals surface area contributed by atoms with E-state index in [1.54, 1.807) is 24.7 Å². The van der Waals surface area contributed by atoms with Crippen LogP contribution in [-0.4, -0.2) is 11.1 Å². The molecule has 1 aromatic carbocycles. The SMILES string of the molecule is O=C(O)c1cc[c]cc1.c1ccoc1. The number of carbonyl (C=O) groups is 1. The molecule has 0 aliphatic carbocycles. The van der Waals surface area contributed by atoms with Crippen LogP contribution in [0.2, 0.25) is 0 Å². The predicted octanol–water partition coefficient (Wildman–Crippen LogP) is 2.46. The van der Waals surface area contributed by atoms with E-state index in [0.717, 1.165) is 0 Å². The summed E-state index contributed by atoms with van der Waals surface area (Å²) in [7, 11) is 0. The summed E-state index contributed by atoms with van der Waals surface area (Å²) in [6.07, 6.45) is 3.25. The number of furan rings is 1. The summed E-state index contributed by atoms with van der Waals surface area (Å²) in [5, 5.41) is 8.37. The first-order chi connectivity index (χ1) is 6.80. The molecule has 0 saturated heterocycles. The first kappa shape index (κ1) is 10.1. The molecular weight excluding hydrogens is 180 g/mol. The van der Waals surface area contributed by atoms with Crippen LogP contribution in [0.25, 0.3) is 0 Å². The summed E-state index contributed by atoms with van der Waals surface area (Å²) in [4.78, 5) is 10.2. The fourth-order valence-corrected chi connectivity index (χ4v) is 0.756. The lowest BCUT2D eigenvalue weighted by Gasteiger charge is -1.87. The fourth-order valence-electron chi connectivity index (χ4n) is 0.756. The van der Waals surface area contributed by atoms with Crippen LogP contribution < -0.4 is 0 Å². The second-order valence-corrected chi connectivity index (χ2v) is 2.39. The number of rotatable bonds is 1. The molecule has 0 saturated carbocycles. The van der Waals surface area contributed by atoms with Crippen molar-refractivity contribution in [1.29, 1.82) is 0 Å². The van der Waals surface area contributed by atoms with Crippen LogP contribution in [0.3, 0.4) is 0 Å².